The highest BCUT2D eigenvalue weighted by Gasteiger charge is 2.28. The first-order chi connectivity index (χ1) is 24.3. The van der Waals surface area contributed by atoms with Gasteiger partial charge < -0.3 is 35.1 Å². The molecule has 50 heavy (non-hydrogen) atoms. The summed E-state index contributed by atoms with van der Waals surface area (Å²) < 4.78 is 11.8. The van der Waals surface area contributed by atoms with Crippen LogP contribution in [-0.4, -0.2) is 83.2 Å². The lowest BCUT2D eigenvalue weighted by Crippen LogP contribution is -2.55. The third-order valence-corrected chi connectivity index (χ3v) is 9.63. The number of fused-ring (bicyclic) bond motifs is 5. The Morgan fingerprint density at radius 3 is 2.72 bits per heavy atom. The summed E-state index contributed by atoms with van der Waals surface area (Å²) >= 11 is 1.45. The van der Waals surface area contributed by atoms with Crippen molar-refractivity contribution in [3.8, 4) is 22.1 Å². The average molecular weight is 696 g/mol. The van der Waals surface area contributed by atoms with Crippen molar-refractivity contribution < 1.29 is 29.0 Å². The predicted molar refractivity (Wildman–Crippen MR) is 192 cm³/mol. The van der Waals surface area contributed by atoms with Gasteiger partial charge in [-0.1, -0.05) is 54.6 Å². The van der Waals surface area contributed by atoms with Crippen molar-refractivity contribution in [2.75, 3.05) is 33.4 Å². The quantitative estimate of drug-likeness (QED) is 0.215. The summed E-state index contributed by atoms with van der Waals surface area (Å²) in [6.45, 7) is 1.91. The molecule has 0 saturated heterocycles. The number of hydrogen-bond acceptors (Lipinski definition) is 8. The van der Waals surface area contributed by atoms with Crippen LogP contribution < -0.4 is 20.1 Å². The molecule has 0 spiro atoms. The van der Waals surface area contributed by atoms with E-state index in [4.69, 9.17) is 9.47 Å². The molecule has 0 saturated carbocycles. The van der Waals surface area contributed by atoms with Gasteiger partial charge in [-0.25, -0.2) is 4.98 Å². The Balaban J connectivity index is 1.24. The van der Waals surface area contributed by atoms with Crippen molar-refractivity contribution in [3.63, 3.8) is 0 Å². The number of carbonyl (C=O) groups excluding carboxylic acids is 3. The number of nitrogens with one attached hydrogen (secondary N) is 3. The van der Waals surface area contributed by atoms with Gasteiger partial charge in [0.15, 0.2) is 11.5 Å². The number of carbonyl (C=O) groups is 3. The van der Waals surface area contributed by atoms with E-state index in [1.54, 1.807) is 7.11 Å². The molecule has 3 amide bonds. The number of aliphatic hydroxyl groups excluding tert-OH is 1. The Morgan fingerprint density at radius 2 is 1.92 bits per heavy atom. The SMILES string of the molecule is COc1ccc2cc1OCCCN(C(=O)Cc1csc(-c3ccccc3)n1)CC(=O)N[C@@H]([C@@H](C)O)C(=O)NCCc1c([nH]c3ccccc13)C2. The molecule has 4 N–H and O–H groups in total. The molecular weight excluding hydrogens is 655 g/mol. The van der Waals surface area contributed by atoms with Crippen molar-refractivity contribution in [1.82, 2.24) is 25.5 Å². The van der Waals surface area contributed by atoms with Gasteiger partial charge in [-0.05, 0) is 49.1 Å². The Kier molecular flexibility index (Phi) is 11.1. The lowest BCUT2D eigenvalue weighted by Gasteiger charge is -2.25. The summed E-state index contributed by atoms with van der Waals surface area (Å²) in [7, 11) is 1.59. The summed E-state index contributed by atoms with van der Waals surface area (Å²) in [5, 5.41) is 19.8. The van der Waals surface area contributed by atoms with Gasteiger partial charge in [-0.15, -0.1) is 11.3 Å². The molecule has 260 valence electrons. The number of benzene rings is 3. The number of aliphatic hydroxyl groups is 1. The van der Waals surface area contributed by atoms with Crippen molar-refractivity contribution in [1.29, 1.82) is 0 Å². The zero-order valence-electron chi connectivity index (χ0n) is 28.1. The van der Waals surface area contributed by atoms with Crippen LogP contribution in [0.2, 0.25) is 0 Å². The Morgan fingerprint density at radius 1 is 1.12 bits per heavy atom. The third kappa shape index (κ3) is 8.32. The first-order valence-electron chi connectivity index (χ1n) is 16.7. The molecule has 0 unspecified atom stereocenters. The summed E-state index contributed by atoms with van der Waals surface area (Å²) in [6, 6.07) is 22.4. The highest BCUT2D eigenvalue weighted by Crippen LogP contribution is 2.31. The van der Waals surface area contributed by atoms with Crippen molar-refractivity contribution in [2.24, 2.45) is 0 Å². The number of para-hydroxylation sites is 1. The Bertz CT molecular complexity index is 1960. The second kappa shape index (κ2) is 16.0. The van der Waals surface area contributed by atoms with E-state index in [-0.39, 0.29) is 38.6 Å². The van der Waals surface area contributed by atoms with Gasteiger partial charge in [0.05, 0.1) is 38.5 Å². The number of methoxy groups -OCH3 is 1. The molecule has 0 radical (unpaired) electrons. The number of aromatic amines is 1. The van der Waals surface area contributed by atoms with Crippen LogP contribution in [0.5, 0.6) is 11.5 Å². The molecule has 2 aromatic heterocycles. The standard InChI is InChI=1S/C38H41N5O6S/c1-24(44)36-37(47)39-16-15-29-28-11-6-7-12-30(28)41-31(29)19-25-13-14-32(48-2)33(20-25)49-18-8-17-43(22-34(45)42-36)35(46)21-27-23-50-38(40-27)26-9-4-3-5-10-26/h3-7,9-14,20,23-24,36,41,44H,8,15-19,21-22H2,1-2H3,(H,39,47)(H,42,45)/t24-,36+/m1/s1. The fraction of sp³-hybridized carbons (Fsp3) is 0.316. The van der Waals surface area contributed by atoms with E-state index < -0.39 is 24.0 Å². The third-order valence-electron chi connectivity index (χ3n) is 8.69. The normalized spacial score (nSPS) is 16.9. The smallest absolute Gasteiger partial charge is 0.245 e. The van der Waals surface area contributed by atoms with Crippen molar-refractivity contribution >= 4 is 40.0 Å². The lowest BCUT2D eigenvalue weighted by molar-refractivity contribution is -0.137. The minimum atomic E-state index is -1.20. The maximum absolute atomic E-state index is 13.6. The lowest BCUT2D eigenvalue weighted by atomic mass is 10.0. The first kappa shape index (κ1) is 34.7. The maximum atomic E-state index is 13.6. The molecule has 0 fully saturated rings. The molecule has 1 aliphatic rings. The number of rotatable bonds is 5. The van der Waals surface area contributed by atoms with E-state index in [2.05, 4.69) is 20.6 Å². The second-order valence-corrected chi connectivity index (χ2v) is 13.2. The molecular formula is C38H41N5O6S. The fourth-order valence-electron chi connectivity index (χ4n) is 6.16. The van der Waals surface area contributed by atoms with E-state index in [1.165, 1.54) is 23.2 Å². The van der Waals surface area contributed by atoms with Gasteiger partial charge in [0, 0.05) is 47.1 Å². The summed E-state index contributed by atoms with van der Waals surface area (Å²) in [5.74, 6) is -0.182. The van der Waals surface area contributed by atoms with Gasteiger partial charge in [-0.2, -0.15) is 0 Å². The van der Waals surface area contributed by atoms with Crippen LogP contribution >= 0.6 is 11.3 Å². The molecule has 5 aromatic rings. The zero-order chi connectivity index (χ0) is 35.0. The number of amides is 3. The van der Waals surface area contributed by atoms with E-state index in [0.717, 1.165) is 38.3 Å². The number of hydrogen-bond donors (Lipinski definition) is 4. The van der Waals surface area contributed by atoms with Gasteiger partial charge >= 0.3 is 0 Å². The molecule has 11 nitrogen and oxygen atoms in total. The molecule has 3 aromatic carbocycles. The van der Waals surface area contributed by atoms with Crippen molar-refractivity contribution in [3.05, 3.63) is 101 Å². The largest absolute Gasteiger partial charge is 0.493 e. The van der Waals surface area contributed by atoms with Crippen LogP contribution in [0.4, 0.5) is 0 Å². The summed E-state index contributed by atoms with van der Waals surface area (Å²) in [4.78, 5) is 49.9. The van der Waals surface area contributed by atoms with Gasteiger partial charge in [0.25, 0.3) is 0 Å². The molecule has 1 aliphatic heterocycles. The second-order valence-electron chi connectivity index (χ2n) is 12.3. The van der Waals surface area contributed by atoms with Gasteiger partial charge in [0.1, 0.15) is 11.0 Å². The molecule has 2 atom stereocenters. The zero-order valence-corrected chi connectivity index (χ0v) is 28.9. The average Bonchev–Trinajstić information content (AvgIpc) is 3.72. The van der Waals surface area contributed by atoms with E-state index in [0.29, 0.717) is 36.5 Å². The van der Waals surface area contributed by atoms with E-state index in [1.807, 2.05) is 78.2 Å². The molecule has 3 heterocycles. The minimum Gasteiger partial charge on any atom is -0.493 e. The number of nitrogens with zero attached hydrogens (tertiary/aromatic N) is 2. The van der Waals surface area contributed by atoms with Gasteiger partial charge in [0.2, 0.25) is 17.7 Å². The number of H-pyrrole nitrogens is 1. The van der Waals surface area contributed by atoms with Crippen LogP contribution in [0.1, 0.15) is 35.9 Å². The number of aromatic nitrogens is 2. The Labute approximate surface area is 294 Å². The minimum absolute atomic E-state index is 0.00247. The van der Waals surface area contributed by atoms with Crippen LogP contribution in [0, 0.1) is 0 Å². The number of ether oxygens (including phenoxy) is 2. The fourth-order valence-corrected chi connectivity index (χ4v) is 6.98. The monoisotopic (exact) mass is 695 g/mol. The highest BCUT2D eigenvalue weighted by atomic mass is 32.1. The summed E-state index contributed by atoms with van der Waals surface area (Å²) in [6.07, 6.45) is 0.376. The van der Waals surface area contributed by atoms with Crippen molar-refractivity contribution in [2.45, 2.75) is 44.8 Å². The number of thiazole rings is 1. The highest BCUT2D eigenvalue weighted by molar-refractivity contribution is 7.13. The topological polar surface area (TPSA) is 146 Å². The van der Waals surface area contributed by atoms with Crippen LogP contribution in [0.3, 0.4) is 0 Å². The van der Waals surface area contributed by atoms with Crippen LogP contribution in [-0.2, 0) is 33.6 Å². The summed E-state index contributed by atoms with van der Waals surface area (Å²) in [5.41, 5.74) is 5.65. The molecule has 2 bridgehead atoms. The van der Waals surface area contributed by atoms with Crippen LogP contribution in [0.25, 0.3) is 21.5 Å². The first-order valence-corrected chi connectivity index (χ1v) is 17.6. The predicted octanol–water partition coefficient (Wildman–Crippen LogP) is 4.27. The molecule has 0 aliphatic carbocycles. The van der Waals surface area contributed by atoms with Gasteiger partial charge in [-0.3, -0.25) is 14.4 Å². The van der Waals surface area contributed by atoms with Crippen LogP contribution in [0.15, 0.2) is 78.2 Å². The maximum Gasteiger partial charge on any atom is 0.245 e. The molecule has 6 rings (SSSR count). The molecule has 12 heteroatoms. The Hall–Kier alpha value is -5.20. The van der Waals surface area contributed by atoms with E-state index in [9.17, 15) is 19.5 Å². The van der Waals surface area contributed by atoms with E-state index >= 15 is 0 Å².